The van der Waals surface area contributed by atoms with Crippen molar-refractivity contribution in [3.63, 3.8) is 0 Å². The van der Waals surface area contributed by atoms with Crippen LogP contribution in [-0.2, 0) is 17.6 Å². The number of aromatic nitrogens is 4. The van der Waals surface area contributed by atoms with Crippen molar-refractivity contribution in [2.75, 3.05) is 6.61 Å². The Hall–Kier alpha value is -3.35. The van der Waals surface area contributed by atoms with Crippen molar-refractivity contribution < 1.29 is 14.3 Å². The van der Waals surface area contributed by atoms with Crippen LogP contribution in [0.25, 0.3) is 5.69 Å². The van der Waals surface area contributed by atoms with Crippen LogP contribution in [0.4, 0.5) is 0 Å². The van der Waals surface area contributed by atoms with Crippen molar-refractivity contribution in [1.82, 2.24) is 20.2 Å². The average molecular weight is 364 g/mol. The van der Waals surface area contributed by atoms with Crippen molar-refractivity contribution in [3.05, 3.63) is 71.0 Å². The van der Waals surface area contributed by atoms with Gasteiger partial charge < -0.3 is 4.74 Å². The molecule has 1 heterocycles. The van der Waals surface area contributed by atoms with Gasteiger partial charge in [-0.1, -0.05) is 26.0 Å². The SMILES string of the molecule is CCc1ccc(CC)c(C(=O)COC(=O)c2ccc(-n3cnnn3)cc2)c1. The van der Waals surface area contributed by atoms with Gasteiger partial charge in [0.25, 0.3) is 0 Å². The predicted octanol–water partition coefficient (Wildman–Crippen LogP) is 2.83. The summed E-state index contributed by atoms with van der Waals surface area (Å²) in [6.07, 6.45) is 3.05. The average Bonchev–Trinajstić information content (AvgIpc) is 3.26. The first kappa shape index (κ1) is 18.4. The zero-order valence-electron chi connectivity index (χ0n) is 15.3. The quantitative estimate of drug-likeness (QED) is 0.473. The van der Waals surface area contributed by atoms with E-state index in [4.69, 9.17) is 4.74 Å². The van der Waals surface area contributed by atoms with Crippen LogP contribution in [0.3, 0.4) is 0 Å². The molecular weight excluding hydrogens is 344 g/mol. The van der Waals surface area contributed by atoms with E-state index in [2.05, 4.69) is 15.5 Å². The summed E-state index contributed by atoms with van der Waals surface area (Å²) in [6.45, 7) is 3.75. The highest BCUT2D eigenvalue weighted by molar-refractivity contribution is 6.00. The van der Waals surface area contributed by atoms with Crippen LogP contribution in [0.15, 0.2) is 48.8 Å². The summed E-state index contributed by atoms with van der Waals surface area (Å²) in [5.74, 6) is -0.739. The molecule has 0 atom stereocenters. The maximum Gasteiger partial charge on any atom is 0.338 e. The summed E-state index contributed by atoms with van der Waals surface area (Å²) in [5.41, 5.74) is 3.74. The number of nitrogens with zero attached hydrogens (tertiary/aromatic N) is 4. The van der Waals surface area contributed by atoms with Crippen LogP contribution in [0.1, 0.15) is 45.7 Å². The van der Waals surface area contributed by atoms with E-state index < -0.39 is 5.97 Å². The van der Waals surface area contributed by atoms with Gasteiger partial charge in [-0.05, 0) is 64.7 Å². The van der Waals surface area contributed by atoms with Crippen molar-refractivity contribution in [2.24, 2.45) is 0 Å². The summed E-state index contributed by atoms with van der Waals surface area (Å²) >= 11 is 0. The number of carbonyl (C=O) groups excluding carboxylic acids is 2. The van der Waals surface area contributed by atoms with Crippen LogP contribution >= 0.6 is 0 Å². The summed E-state index contributed by atoms with van der Waals surface area (Å²) < 4.78 is 6.69. The number of ketones is 1. The molecule has 0 aliphatic carbocycles. The molecule has 0 aliphatic rings. The highest BCUT2D eigenvalue weighted by atomic mass is 16.5. The number of carbonyl (C=O) groups is 2. The lowest BCUT2D eigenvalue weighted by Crippen LogP contribution is -2.16. The zero-order valence-corrected chi connectivity index (χ0v) is 15.3. The second kappa shape index (κ2) is 8.35. The summed E-state index contributed by atoms with van der Waals surface area (Å²) in [4.78, 5) is 24.8. The van der Waals surface area contributed by atoms with Crippen LogP contribution in [0, 0.1) is 0 Å². The number of Topliss-reactive ketones (excluding diaryl/α,β-unsaturated/α-hetero) is 1. The van der Waals surface area contributed by atoms with E-state index in [1.165, 1.54) is 11.0 Å². The minimum Gasteiger partial charge on any atom is -0.454 e. The molecule has 2 aromatic carbocycles. The van der Waals surface area contributed by atoms with Crippen molar-refractivity contribution in [3.8, 4) is 5.69 Å². The summed E-state index contributed by atoms with van der Waals surface area (Å²) in [6, 6.07) is 12.5. The third-order valence-electron chi connectivity index (χ3n) is 4.31. The maximum atomic E-state index is 12.5. The molecule has 138 valence electrons. The van der Waals surface area contributed by atoms with Gasteiger partial charge in [0.2, 0.25) is 5.78 Å². The van der Waals surface area contributed by atoms with Gasteiger partial charge in [-0.25, -0.2) is 9.48 Å². The second-order valence-corrected chi connectivity index (χ2v) is 6.00. The predicted molar refractivity (Wildman–Crippen MR) is 99.0 cm³/mol. The number of tetrazole rings is 1. The molecule has 0 saturated carbocycles. The van der Waals surface area contributed by atoms with Gasteiger partial charge in [0.05, 0.1) is 11.3 Å². The standard InChI is InChI=1S/C20H20N4O3/c1-3-14-5-6-15(4-2)18(11-14)19(25)12-27-20(26)16-7-9-17(10-8-16)24-13-21-22-23-24/h5-11,13H,3-4,12H2,1-2H3. The van der Waals surface area contributed by atoms with Gasteiger partial charge >= 0.3 is 5.97 Å². The number of aryl methyl sites for hydroxylation is 2. The second-order valence-electron chi connectivity index (χ2n) is 6.00. The Balaban J connectivity index is 1.66. The van der Waals surface area contributed by atoms with Gasteiger partial charge in [0, 0.05) is 5.56 Å². The fourth-order valence-corrected chi connectivity index (χ4v) is 2.73. The fraction of sp³-hybridized carbons (Fsp3) is 0.250. The van der Waals surface area contributed by atoms with Crippen LogP contribution in [0.2, 0.25) is 0 Å². The van der Waals surface area contributed by atoms with Gasteiger partial charge in [0.1, 0.15) is 6.33 Å². The van der Waals surface area contributed by atoms with E-state index >= 15 is 0 Å². The van der Waals surface area contributed by atoms with Crippen molar-refractivity contribution in [2.45, 2.75) is 26.7 Å². The highest BCUT2D eigenvalue weighted by Crippen LogP contribution is 2.15. The molecule has 0 fully saturated rings. The fourth-order valence-electron chi connectivity index (χ4n) is 2.73. The Morgan fingerprint density at radius 1 is 1.04 bits per heavy atom. The summed E-state index contributed by atoms with van der Waals surface area (Å²) in [5, 5.41) is 10.9. The van der Waals surface area contributed by atoms with E-state index in [1.54, 1.807) is 24.3 Å². The Kier molecular flexibility index (Phi) is 5.71. The molecule has 7 nitrogen and oxygen atoms in total. The smallest absolute Gasteiger partial charge is 0.338 e. The number of benzene rings is 2. The Bertz CT molecular complexity index is 934. The minimum absolute atomic E-state index is 0.194. The maximum absolute atomic E-state index is 12.5. The van der Waals surface area contributed by atoms with Gasteiger partial charge in [0.15, 0.2) is 6.61 Å². The molecule has 27 heavy (non-hydrogen) atoms. The monoisotopic (exact) mass is 364 g/mol. The molecule has 0 N–H and O–H groups in total. The third kappa shape index (κ3) is 4.25. The number of rotatable bonds is 7. The lowest BCUT2D eigenvalue weighted by molar-refractivity contribution is 0.0474. The number of hydrogen-bond donors (Lipinski definition) is 0. The molecule has 7 heteroatoms. The van der Waals surface area contributed by atoms with Crippen LogP contribution in [-0.4, -0.2) is 38.6 Å². The highest BCUT2D eigenvalue weighted by Gasteiger charge is 2.15. The molecule has 0 amide bonds. The van der Waals surface area contributed by atoms with E-state index in [1.807, 2.05) is 32.0 Å². The molecule has 0 bridgehead atoms. The first-order valence-corrected chi connectivity index (χ1v) is 8.78. The number of esters is 1. The largest absolute Gasteiger partial charge is 0.454 e. The molecule has 0 aliphatic heterocycles. The normalized spacial score (nSPS) is 10.6. The van der Waals surface area contributed by atoms with E-state index in [0.717, 1.165) is 29.7 Å². The topological polar surface area (TPSA) is 87.0 Å². The first-order valence-electron chi connectivity index (χ1n) is 8.78. The Morgan fingerprint density at radius 2 is 1.81 bits per heavy atom. The van der Waals surface area contributed by atoms with Crippen LogP contribution in [0.5, 0.6) is 0 Å². The molecule has 0 spiro atoms. The molecule has 0 unspecified atom stereocenters. The first-order chi connectivity index (χ1) is 13.1. The molecule has 3 aromatic rings. The van der Waals surface area contributed by atoms with Crippen molar-refractivity contribution in [1.29, 1.82) is 0 Å². The third-order valence-corrected chi connectivity index (χ3v) is 4.31. The lowest BCUT2D eigenvalue weighted by atomic mass is 9.98. The van der Waals surface area contributed by atoms with E-state index in [-0.39, 0.29) is 12.4 Å². The van der Waals surface area contributed by atoms with Crippen LogP contribution < -0.4 is 0 Å². The van der Waals surface area contributed by atoms with Gasteiger partial charge in [-0.2, -0.15) is 0 Å². The lowest BCUT2D eigenvalue weighted by Gasteiger charge is -2.10. The Labute approximate surface area is 157 Å². The minimum atomic E-state index is -0.545. The number of ether oxygens (including phenoxy) is 1. The van der Waals surface area contributed by atoms with Gasteiger partial charge in [-0.3, -0.25) is 4.79 Å². The van der Waals surface area contributed by atoms with E-state index in [0.29, 0.717) is 11.1 Å². The molecule has 3 rings (SSSR count). The van der Waals surface area contributed by atoms with Crippen molar-refractivity contribution >= 4 is 11.8 Å². The molecule has 0 saturated heterocycles. The zero-order chi connectivity index (χ0) is 19.2. The molecule has 0 radical (unpaired) electrons. The number of hydrogen-bond acceptors (Lipinski definition) is 6. The van der Waals surface area contributed by atoms with Gasteiger partial charge in [-0.15, -0.1) is 5.10 Å². The molecule has 1 aromatic heterocycles. The summed E-state index contributed by atoms with van der Waals surface area (Å²) in [7, 11) is 0. The van der Waals surface area contributed by atoms with E-state index in [9.17, 15) is 9.59 Å². The molecular formula is C20H20N4O3. The Morgan fingerprint density at radius 3 is 2.44 bits per heavy atom.